The summed E-state index contributed by atoms with van der Waals surface area (Å²) >= 11 is 0. The SMILES string of the molecule is CCOC(=O)N1CC/C(=C\C#Cc2cccc(C)n2)C(F)(F)C1.Cc1cccc(C#C/C=C2\CCNCC2(F)F)n1. The number of carbonyl (C=O) groups excluding carboxylic acids is 1. The predicted molar refractivity (Wildman–Crippen MR) is 148 cm³/mol. The molecule has 4 heterocycles. The van der Waals surface area contributed by atoms with Gasteiger partial charge in [-0.3, -0.25) is 0 Å². The molecule has 2 fully saturated rings. The molecule has 0 saturated carbocycles. The van der Waals surface area contributed by atoms with E-state index in [4.69, 9.17) is 4.74 Å². The Morgan fingerprint density at radius 1 is 0.951 bits per heavy atom. The van der Waals surface area contributed by atoms with Crippen molar-refractivity contribution in [2.24, 2.45) is 0 Å². The molecular weight excluding hydrogens is 536 g/mol. The van der Waals surface area contributed by atoms with E-state index in [1.54, 1.807) is 19.1 Å². The Morgan fingerprint density at radius 2 is 1.51 bits per heavy atom. The number of pyridine rings is 2. The average molecular weight is 569 g/mol. The van der Waals surface area contributed by atoms with Gasteiger partial charge in [-0.2, -0.15) is 8.78 Å². The van der Waals surface area contributed by atoms with Gasteiger partial charge in [-0.1, -0.05) is 24.0 Å². The van der Waals surface area contributed by atoms with Crippen LogP contribution in [-0.4, -0.2) is 65.6 Å². The minimum Gasteiger partial charge on any atom is -0.450 e. The molecule has 1 N–H and O–H groups in total. The molecule has 2 aliphatic heterocycles. The number of alkyl halides is 4. The lowest BCUT2D eigenvalue weighted by atomic mass is 10.00. The summed E-state index contributed by atoms with van der Waals surface area (Å²) in [6.45, 7) is 5.30. The Bertz CT molecular complexity index is 1410. The molecule has 216 valence electrons. The molecule has 41 heavy (non-hydrogen) atoms. The Balaban J connectivity index is 0.000000232. The first kappa shape index (κ1) is 31.4. The van der Waals surface area contributed by atoms with E-state index in [1.165, 1.54) is 12.2 Å². The lowest BCUT2D eigenvalue weighted by Gasteiger charge is -2.33. The van der Waals surface area contributed by atoms with E-state index in [0.29, 0.717) is 24.4 Å². The van der Waals surface area contributed by atoms with Gasteiger partial charge in [-0.25, -0.2) is 23.5 Å². The van der Waals surface area contributed by atoms with Crippen molar-refractivity contribution in [2.75, 3.05) is 32.8 Å². The van der Waals surface area contributed by atoms with Crippen molar-refractivity contribution in [1.29, 1.82) is 0 Å². The fourth-order valence-electron chi connectivity index (χ4n) is 3.97. The number of halogens is 4. The first-order chi connectivity index (χ1) is 19.5. The van der Waals surface area contributed by atoms with Crippen molar-refractivity contribution in [2.45, 2.75) is 45.5 Å². The van der Waals surface area contributed by atoms with Crippen molar-refractivity contribution in [3.63, 3.8) is 0 Å². The smallest absolute Gasteiger partial charge is 0.409 e. The maximum Gasteiger partial charge on any atom is 0.409 e. The molecule has 1 amide bonds. The lowest BCUT2D eigenvalue weighted by Crippen LogP contribution is -2.47. The molecule has 0 radical (unpaired) electrons. The Kier molecular flexibility index (Phi) is 11.1. The molecule has 2 aromatic rings. The van der Waals surface area contributed by atoms with Crippen molar-refractivity contribution in [1.82, 2.24) is 20.2 Å². The van der Waals surface area contributed by atoms with Gasteiger partial charge < -0.3 is 15.0 Å². The third-order valence-electron chi connectivity index (χ3n) is 6.09. The second-order valence-electron chi connectivity index (χ2n) is 9.41. The molecule has 2 aliphatic rings. The van der Waals surface area contributed by atoms with Gasteiger partial charge in [0.15, 0.2) is 0 Å². The first-order valence-corrected chi connectivity index (χ1v) is 13.2. The molecule has 6 nitrogen and oxygen atoms in total. The number of hydrogen-bond donors (Lipinski definition) is 1. The van der Waals surface area contributed by atoms with Gasteiger partial charge >= 0.3 is 6.09 Å². The molecular formula is C31H32F4N4O2. The summed E-state index contributed by atoms with van der Waals surface area (Å²) in [6.07, 6.45) is 2.25. The number of nitrogens with zero attached hydrogens (tertiary/aromatic N) is 3. The maximum absolute atomic E-state index is 14.1. The van der Waals surface area contributed by atoms with Crippen LogP contribution in [0.25, 0.3) is 0 Å². The quantitative estimate of drug-likeness (QED) is 0.366. The maximum atomic E-state index is 14.1. The van der Waals surface area contributed by atoms with Gasteiger partial charge in [-0.15, -0.1) is 0 Å². The normalized spacial score (nSPS) is 19.1. The summed E-state index contributed by atoms with van der Waals surface area (Å²) in [5, 5.41) is 2.67. The fourth-order valence-corrected chi connectivity index (χ4v) is 3.97. The van der Waals surface area contributed by atoms with Gasteiger partial charge in [0.2, 0.25) is 0 Å². The Labute approximate surface area is 237 Å². The molecule has 2 aromatic heterocycles. The number of allylic oxidation sites excluding steroid dienone is 2. The number of piperidine rings is 2. The van der Waals surface area contributed by atoms with Crippen LogP contribution < -0.4 is 5.32 Å². The van der Waals surface area contributed by atoms with Gasteiger partial charge in [0, 0.05) is 29.1 Å². The van der Waals surface area contributed by atoms with Crippen molar-refractivity contribution in [3.8, 4) is 23.7 Å². The number of carbonyl (C=O) groups is 1. The topological polar surface area (TPSA) is 67.3 Å². The molecule has 0 aromatic carbocycles. The van der Waals surface area contributed by atoms with Crippen molar-refractivity contribution >= 4 is 6.09 Å². The second kappa shape index (κ2) is 14.5. The third kappa shape index (κ3) is 9.77. The number of nitrogens with one attached hydrogen (secondary N) is 1. The highest BCUT2D eigenvalue weighted by Crippen LogP contribution is 2.32. The summed E-state index contributed by atoms with van der Waals surface area (Å²) < 4.78 is 59.9. The molecule has 2 saturated heterocycles. The van der Waals surface area contributed by atoms with Crippen LogP contribution in [0.1, 0.15) is 42.5 Å². The standard InChI is InChI=1S/C17H18F2N2O2.C14H14F2N2/c1-3-23-16(22)21-11-10-14(17(18,19)12-21)7-5-9-15-8-4-6-13(2)20-15;1-11-4-2-6-13(18-11)7-3-5-12-8-9-17-10-14(12,15)16/h4,6-8H,3,10-12H2,1-2H3;2,4-6,17H,8-10H2,1H3/b14-7+;12-5+. The van der Waals surface area contributed by atoms with Crippen LogP contribution in [0.15, 0.2) is 59.7 Å². The molecule has 0 atom stereocenters. The van der Waals surface area contributed by atoms with E-state index in [9.17, 15) is 22.4 Å². The zero-order chi connectivity index (χ0) is 29.9. The molecule has 0 spiro atoms. The third-order valence-corrected chi connectivity index (χ3v) is 6.09. The van der Waals surface area contributed by atoms with Crippen LogP contribution in [0.2, 0.25) is 0 Å². The summed E-state index contributed by atoms with van der Waals surface area (Å²) in [6, 6.07) is 10.8. The summed E-state index contributed by atoms with van der Waals surface area (Å²) in [4.78, 5) is 20.9. The number of aryl methyl sites for hydroxylation is 2. The highest BCUT2D eigenvalue weighted by Gasteiger charge is 2.42. The van der Waals surface area contributed by atoms with Crippen molar-refractivity contribution < 1.29 is 27.1 Å². The summed E-state index contributed by atoms with van der Waals surface area (Å²) in [5.74, 6) is 4.95. The van der Waals surface area contributed by atoms with E-state index in [-0.39, 0.29) is 37.3 Å². The van der Waals surface area contributed by atoms with E-state index in [2.05, 4.69) is 39.0 Å². The summed E-state index contributed by atoms with van der Waals surface area (Å²) in [7, 11) is 0. The minimum atomic E-state index is -3.10. The molecule has 0 aliphatic carbocycles. The number of hydrogen-bond acceptors (Lipinski definition) is 5. The van der Waals surface area contributed by atoms with E-state index < -0.39 is 24.5 Å². The van der Waals surface area contributed by atoms with Crippen LogP contribution in [0.4, 0.5) is 22.4 Å². The second-order valence-corrected chi connectivity index (χ2v) is 9.41. The number of aromatic nitrogens is 2. The first-order valence-electron chi connectivity index (χ1n) is 13.2. The van der Waals surface area contributed by atoms with Crippen LogP contribution in [-0.2, 0) is 4.74 Å². The Morgan fingerprint density at radius 3 is 2.00 bits per heavy atom. The average Bonchev–Trinajstić information content (AvgIpc) is 2.91. The molecule has 0 bridgehead atoms. The van der Waals surface area contributed by atoms with Gasteiger partial charge in [-0.05, 0) is 88.4 Å². The van der Waals surface area contributed by atoms with Gasteiger partial charge in [0.25, 0.3) is 11.8 Å². The number of amides is 1. The van der Waals surface area contributed by atoms with E-state index in [1.807, 2.05) is 38.1 Å². The lowest BCUT2D eigenvalue weighted by molar-refractivity contribution is -0.0184. The van der Waals surface area contributed by atoms with Crippen LogP contribution in [0.3, 0.4) is 0 Å². The highest BCUT2D eigenvalue weighted by molar-refractivity contribution is 5.68. The predicted octanol–water partition coefficient (Wildman–Crippen LogP) is 5.46. The van der Waals surface area contributed by atoms with Crippen LogP contribution in [0.5, 0.6) is 0 Å². The largest absolute Gasteiger partial charge is 0.450 e. The van der Waals surface area contributed by atoms with Crippen LogP contribution >= 0.6 is 0 Å². The molecule has 10 heteroatoms. The molecule has 0 unspecified atom stereocenters. The van der Waals surface area contributed by atoms with Gasteiger partial charge in [0.05, 0.1) is 19.7 Å². The van der Waals surface area contributed by atoms with Gasteiger partial charge in [0.1, 0.15) is 11.4 Å². The fraction of sp³-hybridized carbons (Fsp3) is 0.387. The summed E-state index contributed by atoms with van der Waals surface area (Å²) in [5.41, 5.74) is 2.84. The number of rotatable bonds is 1. The zero-order valence-corrected chi connectivity index (χ0v) is 23.2. The van der Waals surface area contributed by atoms with Crippen molar-refractivity contribution in [3.05, 3.63) is 82.5 Å². The van der Waals surface area contributed by atoms with Crippen LogP contribution in [0, 0.1) is 37.5 Å². The monoisotopic (exact) mass is 568 g/mol. The highest BCUT2D eigenvalue weighted by atomic mass is 19.3. The van der Waals surface area contributed by atoms with E-state index in [0.717, 1.165) is 16.3 Å². The van der Waals surface area contributed by atoms with E-state index >= 15 is 0 Å². The number of ether oxygens (including phenoxy) is 1. The zero-order valence-electron chi connectivity index (χ0n) is 23.2. The Hall–Kier alpha value is -4.15. The minimum absolute atomic E-state index is 0.0711. The molecule has 4 rings (SSSR count). The number of likely N-dealkylation sites (tertiary alicyclic amines) is 1.